The lowest BCUT2D eigenvalue weighted by Gasteiger charge is -2.15. The third kappa shape index (κ3) is 2.34. The molecule has 1 aromatic carbocycles. The highest BCUT2D eigenvalue weighted by atomic mass is 16.5. The Kier molecular flexibility index (Phi) is 3.71. The first-order valence-electron chi connectivity index (χ1n) is 5.83. The second kappa shape index (κ2) is 5.45. The molecule has 0 saturated carbocycles. The quantitative estimate of drug-likeness (QED) is 0.617. The number of Topliss-reactive ketones (excluding diaryl/α,β-unsaturated/α-hetero) is 1. The Hall–Kier alpha value is -2.81. The van der Waals surface area contributed by atoms with Crippen molar-refractivity contribution in [2.24, 2.45) is 0 Å². The van der Waals surface area contributed by atoms with Gasteiger partial charge in [-0.15, -0.1) is 6.42 Å². The molecular formula is C14H12N2O4. The average molecular weight is 272 g/mol. The number of ketones is 1. The number of benzene rings is 1. The number of anilines is 1. The first-order valence-corrected chi connectivity index (χ1v) is 5.83. The largest absolute Gasteiger partial charge is 0.497 e. The number of hydrogen-bond acceptors (Lipinski definition) is 4. The lowest BCUT2D eigenvalue weighted by atomic mass is 10.1. The Morgan fingerprint density at radius 2 is 2.20 bits per heavy atom. The summed E-state index contributed by atoms with van der Waals surface area (Å²) in [6.45, 7) is -0.171. The van der Waals surface area contributed by atoms with E-state index in [4.69, 9.17) is 11.2 Å². The summed E-state index contributed by atoms with van der Waals surface area (Å²) in [6, 6.07) is 4.68. The smallest absolute Gasteiger partial charge is 0.299 e. The van der Waals surface area contributed by atoms with E-state index in [2.05, 4.69) is 11.2 Å². The van der Waals surface area contributed by atoms with Crippen LogP contribution in [0.2, 0.25) is 0 Å². The summed E-state index contributed by atoms with van der Waals surface area (Å²) in [5.41, 5.74) is 0.635. The van der Waals surface area contributed by atoms with E-state index in [1.165, 1.54) is 13.2 Å². The lowest BCUT2D eigenvalue weighted by molar-refractivity contribution is -0.121. The van der Waals surface area contributed by atoms with Crippen LogP contribution in [-0.2, 0) is 9.59 Å². The molecule has 1 aliphatic rings. The van der Waals surface area contributed by atoms with Crippen LogP contribution >= 0.6 is 0 Å². The van der Waals surface area contributed by atoms with Crippen LogP contribution < -0.4 is 15.0 Å². The molecule has 6 heteroatoms. The molecule has 2 amide bonds. The van der Waals surface area contributed by atoms with E-state index in [1.807, 2.05) is 0 Å². The molecule has 1 aliphatic heterocycles. The van der Waals surface area contributed by atoms with Gasteiger partial charge in [-0.2, -0.15) is 0 Å². The third-order valence-corrected chi connectivity index (χ3v) is 2.87. The Labute approximate surface area is 115 Å². The fourth-order valence-electron chi connectivity index (χ4n) is 1.91. The second-order valence-electron chi connectivity index (χ2n) is 4.08. The first kappa shape index (κ1) is 13.6. The van der Waals surface area contributed by atoms with Gasteiger partial charge in [0.2, 0.25) is 5.91 Å². The van der Waals surface area contributed by atoms with Gasteiger partial charge in [0.25, 0.3) is 11.7 Å². The molecule has 0 unspecified atom stereocenters. The summed E-state index contributed by atoms with van der Waals surface area (Å²) in [7, 11) is 1.47. The number of carbonyl (C=O) groups excluding carboxylic acids is 3. The maximum atomic E-state index is 11.9. The van der Waals surface area contributed by atoms with Gasteiger partial charge in [0, 0.05) is 0 Å². The molecule has 0 saturated heterocycles. The molecule has 0 radical (unpaired) electrons. The molecular weight excluding hydrogens is 260 g/mol. The third-order valence-electron chi connectivity index (χ3n) is 2.87. The fraction of sp³-hybridized carbons (Fsp3) is 0.214. The van der Waals surface area contributed by atoms with Crippen molar-refractivity contribution < 1.29 is 19.1 Å². The van der Waals surface area contributed by atoms with E-state index < -0.39 is 17.6 Å². The van der Waals surface area contributed by atoms with Crippen molar-refractivity contribution >= 4 is 23.3 Å². The van der Waals surface area contributed by atoms with Crippen LogP contribution in [0.1, 0.15) is 10.4 Å². The van der Waals surface area contributed by atoms with E-state index in [-0.39, 0.29) is 18.7 Å². The molecule has 0 spiro atoms. The van der Waals surface area contributed by atoms with Crippen LogP contribution in [0.15, 0.2) is 18.2 Å². The monoisotopic (exact) mass is 272 g/mol. The summed E-state index contributed by atoms with van der Waals surface area (Å²) in [5, 5.41) is 2.44. The van der Waals surface area contributed by atoms with Crippen LogP contribution in [-0.4, -0.2) is 37.8 Å². The van der Waals surface area contributed by atoms with Crippen molar-refractivity contribution in [3.05, 3.63) is 23.8 Å². The van der Waals surface area contributed by atoms with Crippen LogP contribution in [0.4, 0.5) is 5.69 Å². The van der Waals surface area contributed by atoms with Gasteiger partial charge in [0.15, 0.2) is 0 Å². The number of ether oxygens (including phenoxy) is 1. The number of fused-ring (bicyclic) bond motifs is 1. The Bertz CT molecular complexity index is 631. The number of hydrogen-bond donors (Lipinski definition) is 1. The maximum Gasteiger partial charge on any atom is 0.299 e. The van der Waals surface area contributed by atoms with Gasteiger partial charge in [-0.25, -0.2) is 0 Å². The van der Waals surface area contributed by atoms with Crippen molar-refractivity contribution in [3.8, 4) is 18.1 Å². The molecule has 1 heterocycles. The summed E-state index contributed by atoms with van der Waals surface area (Å²) >= 11 is 0. The molecule has 0 aromatic heterocycles. The molecule has 0 atom stereocenters. The number of nitrogens with one attached hydrogen (secondary N) is 1. The Morgan fingerprint density at radius 3 is 2.85 bits per heavy atom. The molecule has 0 aliphatic carbocycles. The highest BCUT2D eigenvalue weighted by Crippen LogP contribution is 2.31. The second-order valence-corrected chi connectivity index (χ2v) is 4.08. The molecule has 0 bridgehead atoms. The number of carbonyl (C=O) groups is 3. The van der Waals surface area contributed by atoms with Gasteiger partial charge in [-0.05, 0) is 18.2 Å². The average Bonchev–Trinajstić information content (AvgIpc) is 2.69. The summed E-state index contributed by atoms with van der Waals surface area (Å²) in [6.07, 6.45) is 5.03. The van der Waals surface area contributed by atoms with Gasteiger partial charge < -0.3 is 10.1 Å². The van der Waals surface area contributed by atoms with E-state index in [0.717, 1.165) is 4.90 Å². The van der Waals surface area contributed by atoms with Gasteiger partial charge in [-0.3, -0.25) is 19.3 Å². The van der Waals surface area contributed by atoms with Gasteiger partial charge in [0.05, 0.1) is 24.9 Å². The normalized spacial score (nSPS) is 12.9. The number of terminal acetylenes is 1. The van der Waals surface area contributed by atoms with E-state index in [0.29, 0.717) is 11.4 Å². The molecule has 20 heavy (non-hydrogen) atoms. The predicted octanol–water partition coefficient (Wildman–Crippen LogP) is -0.0261. The van der Waals surface area contributed by atoms with Gasteiger partial charge in [-0.1, -0.05) is 5.92 Å². The van der Waals surface area contributed by atoms with Crippen molar-refractivity contribution in [3.63, 3.8) is 0 Å². The molecule has 1 aromatic rings. The van der Waals surface area contributed by atoms with Crippen LogP contribution in [0.5, 0.6) is 5.75 Å². The van der Waals surface area contributed by atoms with Gasteiger partial charge in [0.1, 0.15) is 12.3 Å². The SMILES string of the molecule is C#CCNC(=O)CN1C(=O)C(=O)c2cc(OC)ccc21. The van der Waals surface area contributed by atoms with Crippen molar-refractivity contribution in [1.29, 1.82) is 0 Å². The van der Waals surface area contributed by atoms with Crippen molar-refractivity contribution in [1.82, 2.24) is 5.32 Å². The van der Waals surface area contributed by atoms with Crippen LogP contribution in [0.25, 0.3) is 0 Å². The maximum absolute atomic E-state index is 11.9. The van der Waals surface area contributed by atoms with E-state index in [1.54, 1.807) is 12.1 Å². The Morgan fingerprint density at radius 1 is 1.45 bits per heavy atom. The van der Waals surface area contributed by atoms with E-state index >= 15 is 0 Å². The van der Waals surface area contributed by atoms with Gasteiger partial charge >= 0.3 is 0 Å². The molecule has 0 fully saturated rings. The zero-order chi connectivity index (χ0) is 14.7. The van der Waals surface area contributed by atoms with Crippen LogP contribution in [0, 0.1) is 12.3 Å². The zero-order valence-corrected chi connectivity index (χ0v) is 10.8. The van der Waals surface area contributed by atoms with Crippen LogP contribution in [0.3, 0.4) is 0 Å². The minimum absolute atomic E-state index is 0.0737. The highest BCUT2D eigenvalue weighted by molar-refractivity contribution is 6.52. The van der Waals surface area contributed by atoms with Crippen molar-refractivity contribution in [2.75, 3.05) is 25.1 Å². The summed E-state index contributed by atoms with van der Waals surface area (Å²) < 4.78 is 5.01. The minimum atomic E-state index is -0.732. The number of amides is 2. The first-order chi connectivity index (χ1) is 9.58. The summed E-state index contributed by atoms with van der Waals surface area (Å²) in [5.74, 6) is 0.929. The van der Waals surface area contributed by atoms with Crippen molar-refractivity contribution in [2.45, 2.75) is 0 Å². The number of nitrogens with zero attached hydrogens (tertiary/aromatic N) is 1. The molecule has 1 N–H and O–H groups in total. The van der Waals surface area contributed by atoms with E-state index in [9.17, 15) is 14.4 Å². The highest BCUT2D eigenvalue weighted by Gasteiger charge is 2.36. The fourth-order valence-corrected chi connectivity index (χ4v) is 1.91. The lowest BCUT2D eigenvalue weighted by Crippen LogP contribution is -2.40. The molecule has 102 valence electrons. The number of rotatable bonds is 4. The Balaban J connectivity index is 2.25. The minimum Gasteiger partial charge on any atom is -0.497 e. The standard InChI is InChI=1S/C14H12N2O4/c1-3-6-15-12(17)8-16-11-5-4-9(20-2)7-10(11)13(18)14(16)19/h1,4-5,7H,6,8H2,2H3,(H,15,17). The zero-order valence-electron chi connectivity index (χ0n) is 10.8. The molecule has 6 nitrogen and oxygen atoms in total. The topological polar surface area (TPSA) is 75.7 Å². The molecule has 2 rings (SSSR count). The number of methoxy groups -OCH3 is 1. The predicted molar refractivity (Wildman–Crippen MR) is 71.5 cm³/mol. The summed E-state index contributed by atoms with van der Waals surface area (Å²) in [4.78, 5) is 36.5.